The molecule has 28 heavy (non-hydrogen) atoms. The zero-order valence-corrected chi connectivity index (χ0v) is 16.4. The topological polar surface area (TPSA) is 44.3 Å². The van der Waals surface area contributed by atoms with Gasteiger partial charge < -0.3 is 15.7 Å². The van der Waals surface area contributed by atoms with E-state index in [2.05, 4.69) is 34.9 Å². The molecule has 6 heteroatoms. The van der Waals surface area contributed by atoms with Gasteiger partial charge in [-0.2, -0.15) is 13.2 Å². The fraction of sp³-hybridized carbons (Fsp3) is 0.455. The third kappa shape index (κ3) is 7.26. The SMILES string of the molecule is CNCCCc1ccc(CC(C)NCC(O)c2cccc(C(F)(F)F)c2)cc1. The lowest BCUT2D eigenvalue weighted by molar-refractivity contribution is -0.137. The van der Waals surface area contributed by atoms with E-state index in [1.54, 1.807) is 0 Å². The van der Waals surface area contributed by atoms with Crippen LogP contribution in [0.5, 0.6) is 0 Å². The molecule has 2 rings (SSSR count). The standard InChI is InChI=1S/C22H29F3N2O/c1-16(13-18-10-8-17(9-11-18)5-4-12-26-2)27-15-21(28)19-6-3-7-20(14-19)22(23,24)25/h3,6-11,14,16,21,26-28H,4-5,12-13,15H2,1-2H3. The van der Waals surface area contributed by atoms with Crippen molar-refractivity contribution in [2.24, 2.45) is 0 Å². The highest BCUT2D eigenvalue weighted by atomic mass is 19.4. The van der Waals surface area contributed by atoms with Gasteiger partial charge in [-0.05, 0) is 68.6 Å². The summed E-state index contributed by atoms with van der Waals surface area (Å²) in [6.45, 7) is 3.20. The third-order valence-electron chi connectivity index (χ3n) is 4.72. The zero-order valence-electron chi connectivity index (χ0n) is 16.4. The molecule has 0 aromatic heterocycles. The van der Waals surface area contributed by atoms with E-state index in [-0.39, 0.29) is 18.2 Å². The predicted molar refractivity (Wildman–Crippen MR) is 106 cm³/mol. The van der Waals surface area contributed by atoms with Crippen molar-refractivity contribution in [3.05, 3.63) is 70.8 Å². The molecule has 0 saturated heterocycles. The summed E-state index contributed by atoms with van der Waals surface area (Å²) in [6, 6.07) is 13.4. The highest BCUT2D eigenvalue weighted by Crippen LogP contribution is 2.30. The molecule has 0 bridgehead atoms. The van der Waals surface area contributed by atoms with E-state index < -0.39 is 17.8 Å². The second-order valence-corrected chi connectivity index (χ2v) is 7.18. The Bertz CT molecular complexity index is 716. The molecule has 3 nitrogen and oxygen atoms in total. The average molecular weight is 394 g/mol. The fourth-order valence-corrected chi connectivity index (χ4v) is 3.09. The third-order valence-corrected chi connectivity index (χ3v) is 4.72. The van der Waals surface area contributed by atoms with Crippen LogP contribution in [0.4, 0.5) is 13.2 Å². The number of alkyl halides is 3. The van der Waals surface area contributed by atoms with Crippen LogP contribution in [0.15, 0.2) is 48.5 Å². The van der Waals surface area contributed by atoms with E-state index in [1.807, 2.05) is 14.0 Å². The van der Waals surface area contributed by atoms with Gasteiger partial charge in [0.1, 0.15) is 0 Å². The summed E-state index contributed by atoms with van der Waals surface area (Å²) in [6.07, 6.45) is -2.47. The number of halogens is 3. The molecule has 2 aromatic rings. The first kappa shape index (κ1) is 22.4. The molecule has 0 saturated carbocycles. The van der Waals surface area contributed by atoms with Gasteiger partial charge in [-0.15, -0.1) is 0 Å². The van der Waals surface area contributed by atoms with Crippen LogP contribution in [-0.2, 0) is 19.0 Å². The maximum atomic E-state index is 12.8. The molecule has 154 valence electrons. The van der Waals surface area contributed by atoms with Crippen LogP contribution in [0, 0.1) is 0 Å². The van der Waals surface area contributed by atoms with Crippen molar-refractivity contribution >= 4 is 0 Å². The summed E-state index contributed by atoms with van der Waals surface area (Å²) < 4.78 is 38.4. The van der Waals surface area contributed by atoms with Gasteiger partial charge in [0.05, 0.1) is 11.7 Å². The van der Waals surface area contributed by atoms with Gasteiger partial charge in [0.2, 0.25) is 0 Å². The van der Waals surface area contributed by atoms with Crippen molar-refractivity contribution in [2.75, 3.05) is 20.1 Å². The van der Waals surface area contributed by atoms with Crippen LogP contribution >= 0.6 is 0 Å². The van der Waals surface area contributed by atoms with E-state index in [0.29, 0.717) is 0 Å². The Kier molecular flexibility index (Phi) is 8.48. The van der Waals surface area contributed by atoms with Crippen LogP contribution in [0.25, 0.3) is 0 Å². The minimum Gasteiger partial charge on any atom is -0.387 e. The lowest BCUT2D eigenvalue weighted by atomic mass is 10.0. The van der Waals surface area contributed by atoms with Crippen LogP contribution in [0.3, 0.4) is 0 Å². The van der Waals surface area contributed by atoms with E-state index in [9.17, 15) is 18.3 Å². The Morgan fingerprint density at radius 3 is 2.36 bits per heavy atom. The van der Waals surface area contributed by atoms with Crippen LogP contribution in [0.2, 0.25) is 0 Å². The first-order valence-corrected chi connectivity index (χ1v) is 9.60. The number of aryl methyl sites for hydroxylation is 1. The molecule has 0 spiro atoms. The van der Waals surface area contributed by atoms with Gasteiger partial charge in [-0.1, -0.05) is 36.4 Å². The van der Waals surface area contributed by atoms with Crippen LogP contribution in [0.1, 0.15) is 41.7 Å². The van der Waals surface area contributed by atoms with Crippen molar-refractivity contribution in [1.29, 1.82) is 0 Å². The smallest absolute Gasteiger partial charge is 0.387 e. The maximum absolute atomic E-state index is 12.8. The van der Waals surface area contributed by atoms with Crippen molar-refractivity contribution < 1.29 is 18.3 Å². The zero-order chi connectivity index (χ0) is 20.6. The Balaban J connectivity index is 1.82. The number of rotatable bonds is 10. The molecule has 0 radical (unpaired) electrons. The Labute approximate surface area is 165 Å². The van der Waals surface area contributed by atoms with E-state index >= 15 is 0 Å². The first-order valence-electron chi connectivity index (χ1n) is 9.60. The maximum Gasteiger partial charge on any atom is 0.416 e. The van der Waals surface area contributed by atoms with Gasteiger partial charge in [0.25, 0.3) is 0 Å². The van der Waals surface area contributed by atoms with Gasteiger partial charge >= 0.3 is 6.18 Å². The highest BCUT2D eigenvalue weighted by Gasteiger charge is 2.30. The molecule has 3 N–H and O–H groups in total. The van der Waals surface area contributed by atoms with Crippen LogP contribution < -0.4 is 10.6 Å². The highest BCUT2D eigenvalue weighted by molar-refractivity contribution is 5.27. The number of benzene rings is 2. The second-order valence-electron chi connectivity index (χ2n) is 7.18. The molecule has 0 heterocycles. The summed E-state index contributed by atoms with van der Waals surface area (Å²) in [4.78, 5) is 0. The van der Waals surface area contributed by atoms with E-state index in [0.717, 1.165) is 37.9 Å². The second kappa shape index (κ2) is 10.6. The normalized spacial score (nSPS) is 14.1. The van der Waals surface area contributed by atoms with Crippen molar-refractivity contribution in [2.45, 2.75) is 44.5 Å². The largest absolute Gasteiger partial charge is 0.416 e. The van der Waals surface area contributed by atoms with Gasteiger partial charge in [-0.25, -0.2) is 0 Å². The van der Waals surface area contributed by atoms with Gasteiger partial charge in [-0.3, -0.25) is 0 Å². The van der Waals surface area contributed by atoms with Crippen molar-refractivity contribution in [3.8, 4) is 0 Å². The summed E-state index contributed by atoms with van der Waals surface area (Å²) in [7, 11) is 1.95. The molecular weight excluding hydrogens is 365 g/mol. The average Bonchev–Trinajstić information content (AvgIpc) is 2.67. The number of aliphatic hydroxyl groups is 1. The van der Waals surface area contributed by atoms with Crippen LogP contribution in [-0.4, -0.2) is 31.3 Å². The molecule has 0 fully saturated rings. The number of aliphatic hydroxyl groups excluding tert-OH is 1. The van der Waals surface area contributed by atoms with E-state index in [1.165, 1.54) is 23.3 Å². The molecule has 0 aliphatic rings. The predicted octanol–water partition coefficient (Wildman–Crippen LogP) is 4.11. The van der Waals surface area contributed by atoms with Crippen molar-refractivity contribution in [3.63, 3.8) is 0 Å². The number of hydrogen-bond acceptors (Lipinski definition) is 3. The number of nitrogens with one attached hydrogen (secondary N) is 2. The molecule has 2 aromatic carbocycles. The summed E-state index contributed by atoms with van der Waals surface area (Å²) in [5.74, 6) is 0. The molecule has 2 atom stereocenters. The van der Waals surface area contributed by atoms with Gasteiger partial charge in [0.15, 0.2) is 0 Å². The molecular formula is C22H29F3N2O. The molecule has 2 unspecified atom stereocenters. The number of hydrogen-bond donors (Lipinski definition) is 3. The van der Waals surface area contributed by atoms with Gasteiger partial charge in [0, 0.05) is 12.6 Å². The monoisotopic (exact) mass is 394 g/mol. The van der Waals surface area contributed by atoms with Crippen molar-refractivity contribution in [1.82, 2.24) is 10.6 Å². The Morgan fingerprint density at radius 2 is 1.71 bits per heavy atom. The Morgan fingerprint density at radius 1 is 1.04 bits per heavy atom. The quantitative estimate of drug-likeness (QED) is 0.532. The molecule has 0 amide bonds. The minimum atomic E-state index is -4.41. The lowest BCUT2D eigenvalue weighted by Gasteiger charge is -2.18. The fourth-order valence-electron chi connectivity index (χ4n) is 3.09. The minimum absolute atomic E-state index is 0.0931. The lowest BCUT2D eigenvalue weighted by Crippen LogP contribution is -2.32. The molecule has 0 aliphatic carbocycles. The summed E-state index contributed by atoms with van der Waals surface area (Å²) in [5, 5.41) is 16.6. The summed E-state index contributed by atoms with van der Waals surface area (Å²) >= 11 is 0. The Hall–Kier alpha value is -1.89. The van der Waals surface area contributed by atoms with E-state index in [4.69, 9.17) is 0 Å². The first-order chi connectivity index (χ1) is 13.3. The summed E-state index contributed by atoms with van der Waals surface area (Å²) in [5.41, 5.74) is 2.01. The molecule has 0 aliphatic heterocycles.